The molecule has 0 radical (unpaired) electrons. The molecule has 0 saturated carbocycles. The molecule has 0 aromatic heterocycles. The third kappa shape index (κ3) is 6.33. The Labute approximate surface area is 119 Å². The number of aryl methyl sites for hydroxylation is 1. The fourth-order valence-corrected chi connectivity index (χ4v) is 1.83. The predicted molar refractivity (Wildman–Crippen MR) is 74.1 cm³/mol. The zero-order valence-corrected chi connectivity index (χ0v) is 12.2. The SMILES string of the molecule is CC(=O)NCCNC(=O)CCc1ccc(Br)cc1F. The number of hydrogen-bond acceptors (Lipinski definition) is 2. The number of carbonyl (C=O) groups is 2. The van der Waals surface area contributed by atoms with Crippen molar-refractivity contribution in [2.45, 2.75) is 19.8 Å². The molecule has 0 aliphatic rings. The van der Waals surface area contributed by atoms with E-state index in [1.165, 1.54) is 13.0 Å². The van der Waals surface area contributed by atoms with Gasteiger partial charge in [0.25, 0.3) is 0 Å². The topological polar surface area (TPSA) is 58.2 Å². The molecular weight excluding hydrogens is 315 g/mol. The van der Waals surface area contributed by atoms with Gasteiger partial charge in [0.2, 0.25) is 11.8 Å². The molecule has 0 atom stereocenters. The summed E-state index contributed by atoms with van der Waals surface area (Å²) in [6.45, 7) is 2.19. The Morgan fingerprint density at radius 1 is 1.26 bits per heavy atom. The van der Waals surface area contributed by atoms with Crippen LogP contribution in [0, 0.1) is 5.82 Å². The smallest absolute Gasteiger partial charge is 0.220 e. The molecule has 6 heteroatoms. The number of hydrogen-bond donors (Lipinski definition) is 2. The molecule has 2 amide bonds. The maximum absolute atomic E-state index is 13.5. The summed E-state index contributed by atoms with van der Waals surface area (Å²) < 4.78 is 14.2. The first-order chi connectivity index (χ1) is 8.99. The van der Waals surface area contributed by atoms with Crippen LogP contribution in [-0.4, -0.2) is 24.9 Å². The van der Waals surface area contributed by atoms with E-state index in [4.69, 9.17) is 0 Å². The van der Waals surface area contributed by atoms with Gasteiger partial charge < -0.3 is 10.6 Å². The highest BCUT2D eigenvalue weighted by atomic mass is 79.9. The third-order valence-electron chi connectivity index (χ3n) is 2.46. The van der Waals surface area contributed by atoms with Gasteiger partial charge in [-0.1, -0.05) is 22.0 Å². The third-order valence-corrected chi connectivity index (χ3v) is 2.95. The van der Waals surface area contributed by atoms with E-state index in [0.717, 1.165) is 0 Å². The average molecular weight is 331 g/mol. The van der Waals surface area contributed by atoms with Crippen molar-refractivity contribution in [3.63, 3.8) is 0 Å². The van der Waals surface area contributed by atoms with Crippen LogP contribution >= 0.6 is 15.9 Å². The molecule has 104 valence electrons. The normalized spacial score (nSPS) is 10.1. The molecule has 0 spiro atoms. The summed E-state index contributed by atoms with van der Waals surface area (Å²) in [4.78, 5) is 22.1. The van der Waals surface area contributed by atoms with E-state index >= 15 is 0 Å². The molecule has 0 saturated heterocycles. The number of halogens is 2. The summed E-state index contributed by atoms with van der Waals surface area (Å²) >= 11 is 3.18. The first-order valence-electron chi connectivity index (χ1n) is 5.94. The van der Waals surface area contributed by atoms with Gasteiger partial charge in [-0.05, 0) is 24.1 Å². The van der Waals surface area contributed by atoms with Crippen molar-refractivity contribution in [3.8, 4) is 0 Å². The summed E-state index contributed by atoms with van der Waals surface area (Å²) in [5.74, 6) is -0.612. The van der Waals surface area contributed by atoms with Crippen LogP contribution in [0.5, 0.6) is 0 Å². The van der Waals surface area contributed by atoms with Crippen LogP contribution in [0.4, 0.5) is 4.39 Å². The molecule has 1 rings (SSSR count). The van der Waals surface area contributed by atoms with Crippen LogP contribution in [0.2, 0.25) is 0 Å². The lowest BCUT2D eigenvalue weighted by Crippen LogP contribution is -2.33. The minimum absolute atomic E-state index is 0.133. The molecule has 0 aliphatic heterocycles. The van der Waals surface area contributed by atoms with Crippen LogP contribution in [0.1, 0.15) is 18.9 Å². The Morgan fingerprint density at radius 3 is 2.58 bits per heavy atom. The van der Waals surface area contributed by atoms with E-state index in [-0.39, 0.29) is 24.1 Å². The van der Waals surface area contributed by atoms with Crippen molar-refractivity contribution in [2.75, 3.05) is 13.1 Å². The van der Waals surface area contributed by atoms with Crippen LogP contribution in [0.15, 0.2) is 22.7 Å². The van der Waals surface area contributed by atoms with E-state index in [0.29, 0.717) is 29.5 Å². The van der Waals surface area contributed by atoms with Crippen molar-refractivity contribution in [1.82, 2.24) is 10.6 Å². The van der Waals surface area contributed by atoms with Gasteiger partial charge in [0.15, 0.2) is 0 Å². The largest absolute Gasteiger partial charge is 0.355 e. The second kappa shape index (κ2) is 7.89. The average Bonchev–Trinajstić information content (AvgIpc) is 2.33. The van der Waals surface area contributed by atoms with Gasteiger partial charge >= 0.3 is 0 Å². The highest BCUT2D eigenvalue weighted by Crippen LogP contribution is 2.16. The molecule has 0 heterocycles. The Kier molecular flexibility index (Phi) is 6.49. The molecule has 0 unspecified atom stereocenters. The molecule has 0 fully saturated rings. The Balaban J connectivity index is 2.28. The predicted octanol–water partition coefficient (Wildman–Crippen LogP) is 1.77. The maximum Gasteiger partial charge on any atom is 0.220 e. The first-order valence-corrected chi connectivity index (χ1v) is 6.73. The zero-order valence-electron chi connectivity index (χ0n) is 10.6. The first kappa shape index (κ1) is 15.6. The number of carbonyl (C=O) groups excluding carboxylic acids is 2. The monoisotopic (exact) mass is 330 g/mol. The number of rotatable bonds is 6. The van der Waals surface area contributed by atoms with Crippen molar-refractivity contribution < 1.29 is 14.0 Å². The lowest BCUT2D eigenvalue weighted by molar-refractivity contribution is -0.122. The van der Waals surface area contributed by atoms with E-state index in [1.807, 2.05) is 0 Å². The van der Waals surface area contributed by atoms with E-state index in [9.17, 15) is 14.0 Å². The molecule has 2 N–H and O–H groups in total. The summed E-state index contributed by atoms with van der Waals surface area (Å²) in [5, 5.41) is 5.22. The van der Waals surface area contributed by atoms with Gasteiger partial charge in [-0.3, -0.25) is 9.59 Å². The zero-order chi connectivity index (χ0) is 14.3. The van der Waals surface area contributed by atoms with Gasteiger partial charge in [-0.2, -0.15) is 0 Å². The van der Waals surface area contributed by atoms with E-state index in [2.05, 4.69) is 26.6 Å². The van der Waals surface area contributed by atoms with Gasteiger partial charge in [-0.15, -0.1) is 0 Å². The van der Waals surface area contributed by atoms with Gasteiger partial charge in [0.05, 0.1) is 0 Å². The number of benzene rings is 1. The molecule has 1 aromatic rings. The summed E-state index contributed by atoms with van der Waals surface area (Å²) in [6.07, 6.45) is 0.573. The van der Waals surface area contributed by atoms with Crippen LogP contribution in [0.3, 0.4) is 0 Å². The molecular formula is C13H16BrFN2O2. The second-order valence-electron chi connectivity index (χ2n) is 4.07. The van der Waals surface area contributed by atoms with Crippen molar-refractivity contribution >= 4 is 27.7 Å². The van der Waals surface area contributed by atoms with Gasteiger partial charge in [0.1, 0.15) is 5.82 Å². The van der Waals surface area contributed by atoms with Crippen molar-refractivity contribution in [2.24, 2.45) is 0 Å². The van der Waals surface area contributed by atoms with Crippen LogP contribution < -0.4 is 10.6 Å². The van der Waals surface area contributed by atoms with Crippen molar-refractivity contribution in [1.29, 1.82) is 0 Å². The highest BCUT2D eigenvalue weighted by Gasteiger charge is 2.06. The van der Waals surface area contributed by atoms with Crippen LogP contribution in [0.25, 0.3) is 0 Å². The lowest BCUT2D eigenvalue weighted by Gasteiger charge is -2.06. The fourth-order valence-electron chi connectivity index (χ4n) is 1.50. The molecule has 0 bridgehead atoms. The maximum atomic E-state index is 13.5. The van der Waals surface area contributed by atoms with E-state index in [1.54, 1.807) is 12.1 Å². The van der Waals surface area contributed by atoms with Gasteiger partial charge in [-0.25, -0.2) is 4.39 Å². The summed E-state index contributed by atoms with van der Waals surface area (Å²) in [6, 6.07) is 4.78. The van der Waals surface area contributed by atoms with Gasteiger partial charge in [0, 0.05) is 30.9 Å². The Bertz CT molecular complexity index is 466. The lowest BCUT2D eigenvalue weighted by atomic mass is 10.1. The fraction of sp³-hybridized carbons (Fsp3) is 0.385. The molecule has 1 aromatic carbocycles. The van der Waals surface area contributed by atoms with Crippen molar-refractivity contribution in [3.05, 3.63) is 34.1 Å². The Hall–Kier alpha value is -1.43. The minimum Gasteiger partial charge on any atom is -0.355 e. The molecule has 4 nitrogen and oxygen atoms in total. The quantitative estimate of drug-likeness (QED) is 0.781. The summed E-state index contributed by atoms with van der Waals surface area (Å²) in [5.41, 5.74) is 0.514. The van der Waals surface area contributed by atoms with Crippen LogP contribution in [-0.2, 0) is 16.0 Å². The molecule has 19 heavy (non-hydrogen) atoms. The second-order valence-corrected chi connectivity index (χ2v) is 4.98. The summed E-state index contributed by atoms with van der Waals surface area (Å²) in [7, 11) is 0. The Morgan fingerprint density at radius 2 is 1.95 bits per heavy atom. The number of nitrogens with one attached hydrogen (secondary N) is 2. The standard InChI is InChI=1S/C13H16BrFN2O2/c1-9(18)16-6-7-17-13(19)5-3-10-2-4-11(14)8-12(10)15/h2,4,8H,3,5-7H2,1H3,(H,16,18)(H,17,19). The number of amides is 2. The highest BCUT2D eigenvalue weighted by molar-refractivity contribution is 9.10. The minimum atomic E-state index is -0.319. The van der Waals surface area contributed by atoms with E-state index < -0.39 is 0 Å². The molecule has 0 aliphatic carbocycles.